The largest absolute Gasteiger partial charge is 0.419 e. The number of nitrogens with one attached hydrogen (secondary N) is 2. The molecule has 24 heavy (non-hydrogen) atoms. The lowest BCUT2D eigenvalue weighted by atomic mass is 10.2. The highest BCUT2D eigenvalue weighted by Crippen LogP contribution is 2.25. The maximum atomic E-state index is 12.7. The first-order chi connectivity index (χ1) is 11.5. The van der Waals surface area contributed by atoms with Gasteiger partial charge in [-0.2, -0.15) is 0 Å². The number of sulfonamides is 1. The summed E-state index contributed by atoms with van der Waals surface area (Å²) in [6.45, 7) is 0. The number of H-pyrrole nitrogens is 1. The van der Waals surface area contributed by atoms with E-state index in [4.69, 9.17) is 4.42 Å². The van der Waals surface area contributed by atoms with Gasteiger partial charge in [0.25, 0.3) is 10.0 Å². The molecule has 0 saturated carbocycles. The molecule has 0 radical (unpaired) electrons. The zero-order chi connectivity index (χ0) is 16.9. The lowest BCUT2D eigenvalue weighted by Gasteiger charge is -2.09. The van der Waals surface area contributed by atoms with Crippen LogP contribution in [0.25, 0.3) is 22.0 Å². The van der Waals surface area contributed by atoms with Crippen molar-refractivity contribution in [1.29, 1.82) is 0 Å². The molecule has 4 aromatic rings. The summed E-state index contributed by atoms with van der Waals surface area (Å²) < 4.78 is 34.2. The molecule has 0 saturated heterocycles. The number of fused-ring (bicyclic) bond motifs is 2. The Labute approximate surface area is 136 Å². The van der Waals surface area contributed by atoms with Gasteiger partial charge in [-0.3, -0.25) is 9.29 Å². The molecule has 2 aromatic heterocycles. The summed E-state index contributed by atoms with van der Waals surface area (Å²) in [5, 5.41) is 0.903. The molecule has 4 rings (SSSR count). The lowest BCUT2D eigenvalue weighted by Crippen LogP contribution is -2.13. The van der Waals surface area contributed by atoms with Crippen LogP contribution in [0.3, 0.4) is 0 Å². The van der Waals surface area contributed by atoms with Crippen LogP contribution in [0.15, 0.2) is 62.8 Å². The Kier molecular flexibility index (Phi) is 3.04. The van der Waals surface area contributed by atoms with Crippen molar-refractivity contribution in [2.75, 3.05) is 4.72 Å². The van der Waals surface area contributed by atoms with Gasteiger partial charge in [0.2, 0.25) is 0 Å². The van der Waals surface area contributed by atoms with Gasteiger partial charge in [0.1, 0.15) is 0 Å². The smallest absolute Gasteiger partial charge is 0.408 e. The van der Waals surface area contributed by atoms with Crippen LogP contribution in [0.4, 0.5) is 5.69 Å². The van der Waals surface area contributed by atoms with Crippen molar-refractivity contribution in [2.24, 2.45) is 7.05 Å². The average molecular weight is 343 g/mol. The number of rotatable bonds is 3. The summed E-state index contributed by atoms with van der Waals surface area (Å²) in [5.74, 6) is -0.538. The second-order valence-electron chi connectivity index (χ2n) is 5.41. The third-order valence-corrected chi connectivity index (χ3v) is 5.27. The SMILES string of the molecule is Cn1c(=O)oc2cc(S(=O)(=O)Nc3cccc4cc[nH]c34)ccc21. The topological polar surface area (TPSA) is 97.1 Å². The number of benzene rings is 2. The molecule has 0 atom stereocenters. The van der Waals surface area contributed by atoms with Crippen LogP contribution in [0.5, 0.6) is 0 Å². The molecule has 8 heteroatoms. The normalized spacial score (nSPS) is 12.0. The van der Waals surface area contributed by atoms with E-state index in [0.29, 0.717) is 16.7 Å². The molecule has 0 aliphatic heterocycles. The minimum atomic E-state index is -3.82. The van der Waals surface area contributed by atoms with E-state index >= 15 is 0 Å². The van der Waals surface area contributed by atoms with Gasteiger partial charge < -0.3 is 9.40 Å². The third kappa shape index (κ3) is 2.19. The van der Waals surface area contributed by atoms with Crippen molar-refractivity contribution in [3.63, 3.8) is 0 Å². The Hall–Kier alpha value is -3.00. The number of anilines is 1. The van der Waals surface area contributed by atoms with E-state index in [2.05, 4.69) is 9.71 Å². The minimum Gasteiger partial charge on any atom is -0.408 e. The standard InChI is InChI=1S/C16H13N3O4S/c1-19-13-6-5-11(9-14(13)23-16(19)20)24(21,22)18-12-4-2-3-10-7-8-17-15(10)12/h2-9,17-18H,1H3. The van der Waals surface area contributed by atoms with Crippen molar-refractivity contribution in [3.05, 3.63) is 59.2 Å². The number of aromatic nitrogens is 2. The Morgan fingerprint density at radius 3 is 2.83 bits per heavy atom. The highest BCUT2D eigenvalue weighted by Gasteiger charge is 2.18. The summed E-state index contributed by atoms with van der Waals surface area (Å²) in [5.41, 5.74) is 1.91. The Morgan fingerprint density at radius 1 is 1.17 bits per heavy atom. The molecular weight excluding hydrogens is 330 g/mol. The first-order valence-corrected chi connectivity index (χ1v) is 8.62. The Balaban J connectivity index is 1.80. The maximum Gasteiger partial charge on any atom is 0.419 e. The second kappa shape index (κ2) is 5.00. The molecule has 122 valence electrons. The van der Waals surface area contributed by atoms with Crippen LogP contribution < -0.4 is 10.5 Å². The maximum absolute atomic E-state index is 12.7. The predicted octanol–water partition coefficient (Wildman–Crippen LogP) is 2.41. The molecule has 0 aliphatic carbocycles. The van der Waals surface area contributed by atoms with E-state index in [1.807, 2.05) is 12.1 Å². The molecule has 0 amide bonds. The summed E-state index contributed by atoms with van der Waals surface area (Å²) >= 11 is 0. The Bertz CT molecular complexity index is 1230. The van der Waals surface area contributed by atoms with E-state index in [1.54, 1.807) is 31.4 Å². The number of aryl methyl sites for hydroxylation is 1. The van der Waals surface area contributed by atoms with Crippen molar-refractivity contribution in [2.45, 2.75) is 4.90 Å². The van der Waals surface area contributed by atoms with E-state index in [9.17, 15) is 13.2 Å². The fourth-order valence-corrected chi connectivity index (χ4v) is 3.74. The zero-order valence-corrected chi connectivity index (χ0v) is 13.4. The van der Waals surface area contributed by atoms with Crippen LogP contribution in [-0.2, 0) is 17.1 Å². The van der Waals surface area contributed by atoms with E-state index in [1.165, 1.54) is 16.7 Å². The minimum absolute atomic E-state index is 0.0212. The van der Waals surface area contributed by atoms with Gasteiger partial charge in [0.15, 0.2) is 5.58 Å². The van der Waals surface area contributed by atoms with Crippen molar-refractivity contribution >= 4 is 37.7 Å². The molecule has 2 heterocycles. The molecule has 2 N–H and O–H groups in total. The van der Waals surface area contributed by atoms with Crippen LogP contribution in [0, 0.1) is 0 Å². The number of hydrogen-bond donors (Lipinski definition) is 2. The first-order valence-electron chi connectivity index (χ1n) is 7.14. The van der Waals surface area contributed by atoms with Gasteiger partial charge in [-0.1, -0.05) is 12.1 Å². The van der Waals surface area contributed by atoms with Crippen molar-refractivity contribution < 1.29 is 12.8 Å². The molecule has 0 unspecified atom stereocenters. The lowest BCUT2D eigenvalue weighted by molar-refractivity contribution is 0.527. The summed E-state index contributed by atoms with van der Waals surface area (Å²) in [7, 11) is -2.26. The van der Waals surface area contributed by atoms with Crippen LogP contribution >= 0.6 is 0 Å². The van der Waals surface area contributed by atoms with E-state index < -0.39 is 15.8 Å². The highest BCUT2D eigenvalue weighted by molar-refractivity contribution is 7.92. The van der Waals surface area contributed by atoms with Gasteiger partial charge in [0.05, 0.1) is 21.6 Å². The summed E-state index contributed by atoms with van der Waals surface area (Å²) in [6, 6.07) is 11.5. The van der Waals surface area contributed by atoms with Crippen LogP contribution in [0.2, 0.25) is 0 Å². The van der Waals surface area contributed by atoms with Gasteiger partial charge in [0, 0.05) is 24.7 Å². The van der Waals surface area contributed by atoms with Gasteiger partial charge in [-0.15, -0.1) is 0 Å². The van der Waals surface area contributed by atoms with Crippen molar-refractivity contribution in [3.8, 4) is 0 Å². The van der Waals surface area contributed by atoms with E-state index in [0.717, 1.165) is 5.39 Å². The molecule has 0 aliphatic rings. The highest BCUT2D eigenvalue weighted by atomic mass is 32.2. The second-order valence-corrected chi connectivity index (χ2v) is 7.09. The average Bonchev–Trinajstić information content (AvgIpc) is 3.13. The van der Waals surface area contributed by atoms with Gasteiger partial charge >= 0.3 is 5.76 Å². The fraction of sp³-hybridized carbons (Fsp3) is 0.0625. The number of para-hydroxylation sites is 1. The quantitative estimate of drug-likeness (QED) is 0.597. The fourth-order valence-electron chi connectivity index (χ4n) is 2.65. The predicted molar refractivity (Wildman–Crippen MR) is 90.6 cm³/mol. The summed E-state index contributed by atoms with van der Waals surface area (Å²) in [4.78, 5) is 14.6. The number of hydrogen-bond acceptors (Lipinski definition) is 4. The van der Waals surface area contributed by atoms with Gasteiger partial charge in [-0.25, -0.2) is 13.2 Å². The van der Waals surface area contributed by atoms with Crippen LogP contribution in [-0.4, -0.2) is 18.0 Å². The zero-order valence-electron chi connectivity index (χ0n) is 12.6. The van der Waals surface area contributed by atoms with Crippen molar-refractivity contribution in [1.82, 2.24) is 9.55 Å². The number of aromatic amines is 1. The number of nitrogens with zero attached hydrogens (tertiary/aromatic N) is 1. The molecule has 0 spiro atoms. The molecule has 0 bridgehead atoms. The summed E-state index contributed by atoms with van der Waals surface area (Å²) in [6.07, 6.45) is 1.74. The third-order valence-electron chi connectivity index (χ3n) is 3.91. The molecule has 7 nitrogen and oxygen atoms in total. The number of oxazole rings is 1. The molecule has 2 aromatic carbocycles. The first kappa shape index (κ1) is 14.6. The monoisotopic (exact) mass is 343 g/mol. The molecular formula is C16H13N3O4S. The van der Waals surface area contributed by atoms with Crippen LogP contribution in [0.1, 0.15) is 0 Å². The van der Waals surface area contributed by atoms with Gasteiger partial charge in [-0.05, 0) is 24.3 Å². The Morgan fingerprint density at radius 2 is 2.00 bits per heavy atom. The molecule has 0 fully saturated rings. The van der Waals surface area contributed by atoms with E-state index in [-0.39, 0.29) is 10.5 Å².